The van der Waals surface area contributed by atoms with Crippen molar-refractivity contribution in [2.24, 2.45) is 0 Å². The van der Waals surface area contributed by atoms with Crippen molar-refractivity contribution in [3.63, 3.8) is 0 Å². The molecule has 0 amide bonds. The Labute approximate surface area is 226 Å². The van der Waals surface area contributed by atoms with E-state index in [4.69, 9.17) is 37.0 Å². The lowest BCUT2D eigenvalue weighted by Gasteiger charge is -2.30. The van der Waals surface area contributed by atoms with E-state index in [2.05, 4.69) is 0 Å². The van der Waals surface area contributed by atoms with Gasteiger partial charge in [0.15, 0.2) is 6.35 Å². The number of halogens is 3. The summed E-state index contributed by atoms with van der Waals surface area (Å²) in [4.78, 5) is 0. The van der Waals surface area contributed by atoms with Crippen LogP contribution in [0.1, 0.15) is 72.4 Å². The third-order valence-electron chi connectivity index (χ3n) is 6.95. The predicted octanol–water partition coefficient (Wildman–Crippen LogP) is 8.75. The zero-order chi connectivity index (χ0) is 26.3. The standard InChI is InChI=1S/C28H28Cl2FO5P/c1-16(2)22-13-23(25(31)14-26(22)32)21-7-6-18-11-20(12-24(30)28(18)21)34-15-37(33)35-9-8-27(36-37)17-4-3-5-19(29)10-17/h3-5,10-14,16,21,27,32H,6-9,15H2,1-2H3/t21-,27-,37?/m0/s1. The van der Waals surface area contributed by atoms with E-state index in [0.717, 1.165) is 16.7 Å². The van der Waals surface area contributed by atoms with Gasteiger partial charge in [-0.25, -0.2) is 4.39 Å². The van der Waals surface area contributed by atoms with Crippen molar-refractivity contribution >= 4 is 30.8 Å². The van der Waals surface area contributed by atoms with Crippen molar-refractivity contribution in [2.45, 2.75) is 51.0 Å². The lowest BCUT2D eigenvalue weighted by molar-refractivity contribution is 0.0725. The fourth-order valence-electron chi connectivity index (χ4n) is 5.14. The van der Waals surface area contributed by atoms with Crippen LogP contribution in [0, 0.1) is 5.82 Å². The van der Waals surface area contributed by atoms with Gasteiger partial charge in [-0.15, -0.1) is 0 Å². The number of phenolic OH excluding ortho intramolecular Hbond substituents is 1. The lowest BCUT2D eigenvalue weighted by Crippen LogP contribution is -2.17. The Morgan fingerprint density at radius 3 is 2.73 bits per heavy atom. The van der Waals surface area contributed by atoms with Crippen LogP contribution in [-0.2, 0) is 20.0 Å². The number of hydrogen-bond acceptors (Lipinski definition) is 5. The molecule has 0 spiro atoms. The molecule has 37 heavy (non-hydrogen) atoms. The fraction of sp³-hybridized carbons (Fsp3) is 0.357. The number of fused-ring (bicyclic) bond motifs is 1. The topological polar surface area (TPSA) is 65.0 Å². The van der Waals surface area contributed by atoms with Gasteiger partial charge >= 0.3 is 7.60 Å². The van der Waals surface area contributed by atoms with E-state index in [-0.39, 0.29) is 30.5 Å². The van der Waals surface area contributed by atoms with Crippen LogP contribution in [0.3, 0.4) is 0 Å². The molecule has 1 aliphatic heterocycles. The monoisotopic (exact) mass is 564 g/mol. The Hall–Kier alpha value is -2.08. The number of hydrogen-bond donors (Lipinski definition) is 1. The molecule has 196 valence electrons. The summed E-state index contributed by atoms with van der Waals surface area (Å²) in [6.45, 7) is 4.19. The van der Waals surface area contributed by atoms with Crippen LogP contribution in [0.2, 0.25) is 10.0 Å². The number of aromatic hydroxyl groups is 1. The molecule has 1 N–H and O–H groups in total. The van der Waals surface area contributed by atoms with E-state index in [1.54, 1.807) is 24.3 Å². The maximum atomic E-state index is 14.9. The van der Waals surface area contributed by atoms with Gasteiger partial charge < -0.3 is 14.4 Å². The van der Waals surface area contributed by atoms with E-state index in [1.165, 1.54) is 6.07 Å². The first kappa shape index (κ1) is 26.5. The molecule has 0 bridgehead atoms. The van der Waals surface area contributed by atoms with Gasteiger partial charge in [-0.05, 0) is 76.9 Å². The van der Waals surface area contributed by atoms with Gasteiger partial charge in [0.05, 0.1) is 12.7 Å². The molecule has 3 atom stereocenters. The largest absolute Gasteiger partial charge is 0.508 e. The van der Waals surface area contributed by atoms with Crippen LogP contribution < -0.4 is 4.74 Å². The van der Waals surface area contributed by atoms with Crippen molar-refractivity contribution < 1.29 is 27.8 Å². The molecule has 3 aromatic rings. The van der Waals surface area contributed by atoms with E-state index in [9.17, 15) is 14.1 Å². The van der Waals surface area contributed by atoms with Gasteiger partial charge in [0, 0.05) is 28.5 Å². The van der Waals surface area contributed by atoms with Crippen LogP contribution in [0.25, 0.3) is 0 Å². The van der Waals surface area contributed by atoms with Gasteiger partial charge in [0.2, 0.25) is 0 Å². The summed E-state index contributed by atoms with van der Waals surface area (Å²) in [6.07, 6.45) is 1.28. The molecule has 9 heteroatoms. The second-order valence-electron chi connectivity index (χ2n) is 9.81. The van der Waals surface area contributed by atoms with Crippen molar-refractivity contribution in [1.82, 2.24) is 0 Å². The molecular formula is C28H28Cl2FO5P. The first-order chi connectivity index (χ1) is 17.6. The molecule has 1 fully saturated rings. The van der Waals surface area contributed by atoms with Crippen LogP contribution in [0.4, 0.5) is 4.39 Å². The number of benzene rings is 3. The second kappa shape index (κ2) is 10.6. The van der Waals surface area contributed by atoms with Crippen molar-refractivity contribution in [3.8, 4) is 11.5 Å². The molecule has 5 nitrogen and oxygen atoms in total. The Bertz CT molecular complexity index is 1380. The van der Waals surface area contributed by atoms with Gasteiger partial charge in [-0.1, -0.05) is 49.2 Å². The quantitative estimate of drug-likeness (QED) is 0.303. The summed E-state index contributed by atoms with van der Waals surface area (Å²) >= 11 is 12.8. The van der Waals surface area contributed by atoms with Gasteiger partial charge in [0.25, 0.3) is 0 Å². The Balaban J connectivity index is 1.34. The SMILES string of the molecule is CC(C)c1cc([C@@H]2CCc3cc(OCP4(=O)OCC[C@@H](c5cccc(Cl)c5)O4)cc(Cl)c32)c(F)cc1O. The summed E-state index contributed by atoms with van der Waals surface area (Å²) in [7, 11) is -3.52. The van der Waals surface area contributed by atoms with Gasteiger partial charge in [0.1, 0.15) is 17.3 Å². The zero-order valence-electron chi connectivity index (χ0n) is 20.5. The first-order valence-electron chi connectivity index (χ1n) is 12.3. The fourth-order valence-corrected chi connectivity index (χ4v) is 7.20. The van der Waals surface area contributed by atoms with E-state index in [1.807, 2.05) is 32.0 Å². The molecule has 0 radical (unpaired) electrons. The number of ether oxygens (including phenoxy) is 1. The minimum absolute atomic E-state index is 0.0380. The normalized spacial score (nSPS) is 23.3. The van der Waals surface area contributed by atoms with Crippen LogP contribution >= 0.6 is 30.8 Å². The molecule has 1 aliphatic carbocycles. The Kier molecular flexibility index (Phi) is 7.59. The second-order valence-corrected chi connectivity index (χ2v) is 12.6. The molecule has 2 aliphatic rings. The molecule has 0 saturated carbocycles. The van der Waals surface area contributed by atoms with E-state index in [0.29, 0.717) is 46.2 Å². The number of aryl methyl sites for hydroxylation is 1. The Morgan fingerprint density at radius 1 is 1.16 bits per heavy atom. The van der Waals surface area contributed by atoms with Crippen LogP contribution in [0.15, 0.2) is 48.5 Å². The average molecular weight is 565 g/mol. The molecule has 1 saturated heterocycles. The highest BCUT2D eigenvalue weighted by Gasteiger charge is 2.36. The van der Waals surface area contributed by atoms with Crippen molar-refractivity contribution in [3.05, 3.63) is 92.2 Å². The highest BCUT2D eigenvalue weighted by molar-refractivity contribution is 7.53. The molecule has 0 aromatic heterocycles. The van der Waals surface area contributed by atoms with Crippen LogP contribution in [0.5, 0.6) is 11.5 Å². The molecule has 1 unspecified atom stereocenters. The summed E-state index contributed by atoms with van der Waals surface area (Å²) in [6, 6.07) is 13.7. The molecule has 3 aromatic carbocycles. The van der Waals surface area contributed by atoms with Crippen LogP contribution in [-0.4, -0.2) is 18.1 Å². The van der Waals surface area contributed by atoms with Crippen molar-refractivity contribution in [2.75, 3.05) is 13.0 Å². The average Bonchev–Trinajstić information content (AvgIpc) is 3.27. The van der Waals surface area contributed by atoms with Gasteiger partial charge in [-0.3, -0.25) is 9.09 Å². The third kappa shape index (κ3) is 5.55. The van der Waals surface area contributed by atoms with Crippen molar-refractivity contribution in [1.29, 1.82) is 0 Å². The summed E-state index contributed by atoms with van der Waals surface area (Å²) in [5, 5.41) is 11.2. The predicted molar refractivity (Wildman–Crippen MR) is 143 cm³/mol. The Morgan fingerprint density at radius 2 is 1.97 bits per heavy atom. The maximum Gasteiger partial charge on any atom is 0.368 e. The highest BCUT2D eigenvalue weighted by atomic mass is 35.5. The molecule has 1 heterocycles. The molecular weight excluding hydrogens is 537 g/mol. The lowest BCUT2D eigenvalue weighted by atomic mass is 9.89. The van der Waals surface area contributed by atoms with Gasteiger partial charge in [-0.2, -0.15) is 0 Å². The number of phenols is 1. The smallest absolute Gasteiger partial charge is 0.368 e. The zero-order valence-corrected chi connectivity index (χ0v) is 23.0. The van der Waals surface area contributed by atoms with E-state index >= 15 is 0 Å². The summed E-state index contributed by atoms with van der Waals surface area (Å²) in [5.41, 5.74) is 3.87. The third-order valence-corrected chi connectivity index (χ3v) is 9.09. The number of rotatable bonds is 6. The summed E-state index contributed by atoms with van der Waals surface area (Å²) < 4.78 is 45.4. The first-order valence-corrected chi connectivity index (χ1v) is 14.8. The minimum Gasteiger partial charge on any atom is -0.508 e. The minimum atomic E-state index is -3.52. The highest BCUT2D eigenvalue weighted by Crippen LogP contribution is 2.56. The summed E-state index contributed by atoms with van der Waals surface area (Å²) in [5.74, 6) is -0.210. The maximum absolute atomic E-state index is 14.9. The molecule has 5 rings (SSSR count). The van der Waals surface area contributed by atoms with E-state index < -0.39 is 19.5 Å².